The molecule has 1 saturated heterocycles. The second-order valence-electron chi connectivity index (χ2n) is 2.07. The number of rotatable bonds is 1. The highest BCUT2D eigenvalue weighted by Gasteiger charge is 2.26. The summed E-state index contributed by atoms with van der Waals surface area (Å²) in [5.74, 6) is -0.945. The summed E-state index contributed by atoms with van der Waals surface area (Å²) in [5.41, 5.74) is 0. The van der Waals surface area contributed by atoms with E-state index in [1.807, 2.05) is 6.92 Å². The van der Waals surface area contributed by atoms with Gasteiger partial charge in [0.25, 0.3) is 0 Å². The van der Waals surface area contributed by atoms with E-state index in [9.17, 15) is 4.79 Å². The molecule has 2 N–H and O–H groups in total. The molecule has 2 atom stereocenters. The van der Waals surface area contributed by atoms with Gasteiger partial charge >= 0.3 is 5.97 Å². The Bertz CT molecular complexity index is 125. The lowest BCUT2D eigenvalue weighted by molar-refractivity contribution is -0.150. The van der Waals surface area contributed by atoms with Crippen LogP contribution in [-0.2, 0) is 9.53 Å². The number of aliphatic carboxylic acids is 1. The SMILES string of the molecule is CC1CN[C@H](C(=O)O)O1. The van der Waals surface area contributed by atoms with Crippen molar-refractivity contribution >= 4 is 5.97 Å². The molecule has 0 aromatic heterocycles. The predicted molar refractivity (Wildman–Crippen MR) is 30.0 cm³/mol. The van der Waals surface area contributed by atoms with E-state index in [1.165, 1.54) is 0 Å². The first-order chi connectivity index (χ1) is 4.20. The fourth-order valence-electron chi connectivity index (χ4n) is 0.747. The molecule has 52 valence electrons. The lowest BCUT2D eigenvalue weighted by Crippen LogP contribution is -2.31. The van der Waals surface area contributed by atoms with Crippen LogP contribution in [0.1, 0.15) is 6.92 Å². The molecule has 1 aliphatic heterocycles. The van der Waals surface area contributed by atoms with Gasteiger partial charge in [0.1, 0.15) is 0 Å². The van der Waals surface area contributed by atoms with Crippen molar-refractivity contribution in [2.45, 2.75) is 19.3 Å². The number of ether oxygens (including phenoxy) is 1. The summed E-state index contributed by atoms with van der Waals surface area (Å²) in [4.78, 5) is 10.2. The molecule has 0 aromatic carbocycles. The van der Waals surface area contributed by atoms with Gasteiger partial charge in [0.05, 0.1) is 6.10 Å². The van der Waals surface area contributed by atoms with Gasteiger partial charge in [0, 0.05) is 6.54 Å². The number of carboxylic acid groups (broad SMARTS) is 1. The Morgan fingerprint density at radius 2 is 2.56 bits per heavy atom. The third-order valence-corrected chi connectivity index (χ3v) is 1.18. The predicted octanol–water partition coefficient (Wildman–Crippen LogP) is -0.595. The number of carboxylic acids is 1. The summed E-state index contributed by atoms with van der Waals surface area (Å²) in [6.45, 7) is 2.45. The van der Waals surface area contributed by atoms with E-state index in [4.69, 9.17) is 9.84 Å². The fraction of sp³-hybridized carbons (Fsp3) is 0.800. The van der Waals surface area contributed by atoms with Crippen molar-refractivity contribution < 1.29 is 14.6 Å². The van der Waals surface area contributed by atoms with E-state index in [0.717, 1.165) is 0 Å². The molecule has 1 aliphatic rings. The topological polar surface area (TPSA) is 58.6 Å². The van der Waals surface area contributed by atoms with Gasteiger partial charge in [-0.15, -0.1) is 0 Å². The minimum absolute atomic E-state index is 0.0195. The third-order valence-electron chi connectivity index (χ3n) is 1.18. The maximum absolute atomic E-state index is 10.2. The van der Waals surface area contributed by atoms with E-state index in [-0.39, 0.29) is 6.10 Å². The van der Waals surface area contributed by atoms with E-state index in [2.05, 4.69) is 5.32 Å². The minimum Gasteiger partial charge on any atom is -0.478 e. The molecule has 0 spiro atoms. The zero-order valence-electron chi connectivity index (χ0n) is 5.13. The van der Waals surface area contributed by atoms with Gasteiger partial charge in [-0.3, -0.25) is 5.32 Å². The maximum atomic E-state index is 10.2. The van der Waals surface area contributed by atoms with Gasteiger partial charge in [-0.05, 0) is 6.92 Å². The summed E-state index contributed by atoms with van der Waals surface area (Å²) >= 11 is 0. The van der Waals surface area contributed by atoms with Crippen molar-refractivity contribution in [3.63, 3.8) is 0 Å². The van der Waals surface area contributed by atoms with E-state index < -0.39 is 12.2 Å². The largest absolute Gasteiger partial charge is 0.478 e. The zero-order valence-corrected chi connectivity index (χ0v) is 5.13. The second-order valence-corrected chi connectivity index (χ2v) is 2.07. The van der Waals surface area contributed by atoms with Gasteiger partial charge < -0.3 is 9.84 Å². The van der Waals surface area contributed by atoms with Gasteiger partial charge in [0.2, 0.25) is 6.23 Å². The Morgan fingerprint density at radius 1 is 1.89 bits per heavy atom. The van der Waals surface area contributed by atoms with E-state index in [0.29, 0.717) is 6.54 Å². The van der Waals surface area contributed by atoms with Crippen molar-refractivity contribution in [1.82, 2.24) is 5.32 Å². The molecule has 0 aliphatic carbocycles. The molecule has 4 heteroatoms. The van der Waals surface area contributed by atoms with Gasteiger partial charge in [-0.2, -0.15) is 0 Å². The Hall–Kier alpha value is -0.610. The highest BCUT2D eigenvalue weighted by Crippen LogP contribution is 2.02. The first kappa shape index (κ1) is 6.51. The Kier molecular flexibility index (Phi) is 1.68. The smallest absolute Gasteiger partial charge is 0.348 e. The molecule has 1 rings (SSSR count). The van der Waals surface area contributed by atoms with Crippen LogP contribution < -0.4 is 5.32 Å². The molecule has 1 unspecified atom stereocenters. The molecular formula is C5H9NO3. The lowest BCUT2D eigenvalue weighted by Gasteiger charge is -2.02. The summed E-state index contributed by atoms with van der Waals surface area (Å²) in [7, 11) is 0. The molecule has 0 bridgehead atoms. The standard InChI is InChI=1S/C5H9NO3/c1-3-2-6-4(9-3)5(7)8/h3-4,6H,2H2,1H3,(H,7,8)/t3?,4-/m0/s1. The lowest BCUT2D eigenvalue weighted by atomic mass is 10.4. The van der Waals surface area contributed by atoms with Crippen LogP contribution in [0, 0.1) is 0 Å². The average molecular weight is 131 g/mol. The van der Waals surface area contributed by atoms with Crippen molar-refractivity contribution in [3.8, 4) is 0 Å². The van der Waals surface area contributed by atoms with Crippen LogP contribution in [0.2, 0.25) is 0 Å². The van der Waals surface area contributed by atoms with Crippen LogP contribution in [0.3, 0.4) is 0 Å². The van der Waals surface area contributed by atoms with Gasteiger partial charge in [-0.25, -0.2) is 4.79 Å². The van der Waals surface area contributed by atoms with Crippen molar-refractivity contribution in [2.24, 2.45) is 0 Å². The molecule has 0 amide bonds. The molecule has 1 heterocycles. The Labute approximate surface area is 52.8 Å². The van der Waals surface area contributed by atoms with Crippen LogP contribution in [0.15, 0.2) is 0 Å². The average Bonchev–Trinajstić information content (AvgIpc) is 2.14. The monoisotopic (exact) mass is 131 g/mol. The number of hydrogen-bond donors (Lipinski definition) is 2. The van der Waals surface area contributed by atoms with Crippen LogP contribution in [-0.4, -0.2) is 30.0 Å². The van der Waals surface area contributed by atoms with Crippen LogP contribution in [0.25, 0.3) is 0 Å². The summed E-state index contributed by atoms with van der Waals surface area (Å²) in [6.07, 6.45) is -0.772. The first-order valence-electron chi connectivity index (χ1n) is 2.82. The molecule has 0 saturated carbocycles. The van der Waals surface area contributed by atoms with E-state index >= 15 is 0 Å². The minimum atomic E-state index is -0.945. The zero-order chi connectivity index (χ0) is 6.85. The normalized spacial score (nSPS) is 34.8. The highest BCUT2D eigenvalue weighted by molar-refractivity contribution is 5.72. The van der Waals surface area contributed by atoms with Crippen molar-refractivity contribution in [2.75, 3.05) is 6.54 Å². The highest BCUT2D eigenvalue weighted by atomic mass is 16.5. The summed E-state index contributed by atoms with van der Waals surface area (Å²) in [5, 5.41) is 11.0. The molecule has 0 aromatic rings. The first-order valence-corrected chi connectivity index (χ1v) is 2.82. The van der Waals surface area contributed by atoms with Gasteiger partial charge in [0.15, 0.2) is 0 Å². The van der Waals surface area contributed by atoms with Crippen LogP contribution in [0.5, 0.6) is 0 Å². The molecule has 9 heavy (non-hydrogen) atoms. The summed E-state index contributed by atoms with van der Waals surface area (Å²) < 4.78 is 4.91. The summed E-state index contributed by atoms with van der Waals surface area (Å²) in [6, 6.07) is 0. The third kappa shape index (κ3) is 1.40. The molecular weight excluding hydrogens is 122 g/mol. The maximum Gasteiger partial charge on any atom is 0.348 e. The Morgan fingerprint density at radius 3 is 2.78 bits per heavy atom. The van der Waals surface area contributed by atoms with Crippen LogP contribution in [0.4, 0.5) is 0 Å². The molecule has 4 nitrogen and oxygen atoms in total. The van der Waals surface area contributed by atoms with Crippen molar-refractivity contribution in [1.29, 1.82) is 0 Å². The molecule has 1 fully saturated rings. The second kappa shape index (κ2) is 2.33. The van der Waals surface area contributed by atoms with Gasteiger partial charge in [-0.1, -0.05) is 0 Å². The number of hydrogen-bond acceptors (Lipinski definition) is 3. The number of nitrogens with one attached hydrogen (secondary N) is 1. The quantitative estimate of drug-likeness (QED) is 0.499. The number of carbonyl (C=O) groups is 1. The van der Waals surface area contributed by atoms with E-state index in [1.54, 1.807) is 0 Å². The molecule has 0 radical (unpaired) electrons. The Balaban J connectivity index is 2.39. The van der Waals surface area contributed by atoms with Crippen LogP contribution >= 0.6 is 0 Å². The van der Waals surface area contributed by atoms with Crippen molar-refractivity contribution in [3.05, 3.63) is 0 Å². The fourth-order valence-corrected chi connectivity index (χ4v) is 0.747.